The van der Waals surface area contributed by atoms with Gasteiger partial charge in [0.25, 0.3) is 0 Å². The van der Waals surface area contributed by atoms with Crippen LogP contribution >= 0.6 is 0 Å². The van der Waals surface area contributed by atoms with Gasteiger partial charge in [-0.1, -0.05) is 48.5 Å². The van der Waals surface area contributed by atoms with E-state index in [0.29, 0.717) is 0 Å². The molecule has 0 saturated heterocycles. The monoisotopic (exact) mass is 386 g/mol. The Kier molecular flexibility index (Phi) is 5.67. The predicted molar refractivity (Wildman–Crippen MR) is 108 cm³/mol. The number of sulfonamides is 1. The second kappa shape index (κ2) is 7.82. The molecule has 0 aliphatic carbocycles. The molecular weight excluding hydrogens is 360 g/mol. The maximum Gasteiger partial charge on any atom is 0.228 e. The van der Waals surface area contributed by atoms with Crippen LogP contribution in [0.3, 0.4) is 0 Å². The van der Waals surface area contributed by atoms with Crippen LogP contribution in [-0.4, -0.2) is 37.5 Å². The topological polar surface area (TPSA) is 57.7 Å². The quantitative estimate of drug-likeness (QED) is 0.765. The van der Waals surface area contributed by atoms with E-state index in [2.05, 4.69) is 0 Å². The Morgan fingerprint density at radius 1 is 1.15 bits per heavy atom. The number of benzene rings is 2. The van der Waals surface area contributed by atoms with Crippen LogP contribution < -0.4 is 4.90 Å². The van der Waals surface area contributed by atoms with Crippen molar-refractivity contribution >= 4 is 21.6 Å². The summed E-state index contributed by atoms with van der Waals surface area (Å²) >= 11 is 0. The van der Waals surface area contributed by atoms with E-state index >= 15 is 0 Å². The molecule has 1 heterocycles. The van der Waals surface area contributed by atoms with Crippen molar-refractivity contribution in [1.29, 1.82) is 0 Å². The molecule has 2 atom stereocenters. The third-order valence-electron chi connectivity index (χ3n) is 5.16. The summed E-state index contributed by atoms with van der Waals surface area (Å²) in [6, 6.07) is 17.2. The van der Waals surface area contributed by atoms with Gasteiger partial charge in [-0.2, -0.15) is 4.31 Å². The van der Waals surface area contributed by atoms with Crippen LogP contribution in [0.1, 0.15) is 37.4 Å². The second-order valence-electron chi connectivity index (χ2n) is 7.16. The largest absolute Gasteiger partial charge is 0.309 e. The average molecular weight is 387 g/mol. The molecule has 0 aromatic heterocycles. The molecule has 0 bridgehead atoms. The van der Waals surface area contributed by atoms with Crippen molar-refractivity contribution in [1.82, 2.24) is 4.31 Å². The van der Waals surface area contributed by atoms with E-state index in [-0.39, 0.29) is 31.0 Å². The van der Waals surface area contributed by atoms with Crippen LogP contribution in [0.5, 0.6) is 0 Å². The first kappa shape index (κ1) is 19.6. The number of anilines is 1. The number of hydrogen-bond donors (Lipinski definition) is 0. The normalized spacial score (nSPS) is 17.8. The lowest BCUT2D eigenvalue weighted by atomic mass is 10.1. The molecule has 3 rings (SSSR count). The van der Waals surface area contributed by atoms with Crippen molar-refractivity contribution in [3.63, 3.8) is 0 Å². The van der Waals surface area contributed by atoms with Crippen LogP contribution in [0, 0.1) is 0 Å². The summed E-state index contributed by atoms with van der Waals surface area (Å²) in [6.07, 6.45) is 2.19. The summed E-state index contributed by atoms with van der Waals surface area (Å²) < 4.78 is 26.1. The average Bonchev–Trinajstić information content (AvgIpc) is 2.97. The zero-order valence-electron chi connectivity index (χ0n) is 16.0. The summed E-state index contributed by atoms with van der Waals surface area (Å²) in [4.78, 5) is 14.7. The lowest BCUT2D eigenvalue weighted by Gasteiger charge is -2.29. The third kappa shape index (κ3) is 4.22. The van der Waals surface area contributed by atoms with Crippen LogP contribution in [0.25, 0.3) is 0 Å². The smallest absolute Gasteiger partial charge is 0.228 e. The van der Waals surface area contributed by atoms with E-state index in [0.717, 1.165) is 23.2 Å². The molecule has 27 heavy (non-hydrogen) atoms. The fourth-order valence-corrected chi connectivity index (χ4v) is 4.94. The minimum atomic E-state index is -3.44. The highest BCUT2D eigenvalue weighted by molar-refractivity contribution is 7.88. The molecule has 2 unspecified atom stereocenters. The van der Waals surface area contributed by atoms with Gasteiger partial charge in [0.2, 0.25) is 15.9 Å². The van der Waals surface area contributed by atoms with Gasteiger partial charge in [0, 0.05) is 30.7 Å². The number of hydrogen-bond acceptors (Lipinski definition) is 3. The second-order valence-corrected chi connectivity index (χ2v) is 9.09. The number of nitrogens with zero attached hydrogens (tertiary/aromatic N) is 2. The lowest BCUT2D eigenvalue weighted by molar-refractivity contribution is -0.119. The Bertz CT molecular complexity index is 912. The van der Waals surface area contributed by atoms with Gasteiger partial charge in [0.05, 0.1) is 6.26 Å². The zero-order chi connectivity index (χ0) is 19.6. The summed E-state index contributed by atoms with van der Waals surface area (Å²) in [6.45, 7) is 4.05. The van der Waals surface area contributed by atoms with Gasteiger partial charge in [-0.05, 0) is 37.5 Å². The molecule has 5 nitrogen and oxygen atoms in total. The molecule has 0 fully saturated rings. The molecule has 0 spiro atoms. The zero-order valence-corrected chi connectivity index (χ0v) is 16.8. The maximum absolute atomic E-state index is 12.9. The van der Waals surface area contributed by atoms with E-state index in [1.807, 2.05) is 73.3 Å². The summed E-state index contributed by atoms with van der Waals surface area (Å²) in [5.74, 6) is -0.0404. The molecule has 1 aliphatic rings. The molecule has 1 aliphatic heterocycles. The first-order valence-corrected chi connectivity index (χ1v) is 11.1. The molecule has 0 saturated carbocycles. The van der Waals surface area contributed by atoms with Crippen molar-refractivity contribution in [2.75, 3.05) is 17.7 Å². The van der Waals surface area contributed by atoms with Crippen molar-refractivity contribution in [2.24, 2.45) is 0 Å². The van der Waals surface area contributed by atoms with Gasteiger partial charge >= 0.3 is 0 Å². The summed E-state index contributed by atoms with van der Waals surface area (Å²) in [7, 11) is -3.44. The number of para-hydroxylation sites is 1. The van der Waals surface area contributed by atoms with Crippen molar-refractivity contribution < 1.29 is 13.2 Å². The Morgan fingerprint density at radius 3 is 2.44 bits per heavy atom. The standard InChI is InChI=1S/C21H26N2O3S/c1-16-15-19-11-7-8-12-20(19)23(16)21(24)13-14-22(27(3,25)26)17(2)18-9-5-4-6-10-18/h4-12,16-17H,13-15H2,1-3H3. The molecule has 144 valence electrons. The van der Waals surface area contributed by atoms with Crippen molar-refractivity contribution in [3.8, 4) is 0 Å². The molecule has 2 aromatic carbocycles. The summed E-state index contributed by atoms with van der Waals surface area (Å²) in [5, 5.41) is 0. The number of rotatable bonds is 6. The Morgan fingerprint density at radius 2 is 1.78 bits per heavy atom. The van der Waals surface area contributed by atoms with E-state index in [1.165, 1.54) is 10.6 Å². The van der Waals surface area contributed by atoms with Crippen LogP contribution in [0.4, 0.5) is 5.69 Å². The van der Waals surface area contributed by atoms with E-state index in [1.54, 1.807) is 0 Å². The van der Waals surface area contributed by atoms with Crippen LogP contribution in [0.2, 0.25) is 0 Å². The van der Waals surface area contributed by atoms with E-state index in [9.17, 15) is 13.2 Å². The minimum Gasteiger partial charge on any atom is -0.309 e. The predicted octanol–water partition coefficient (Wildman–Crippen LogP) is 3.38. The molecule has 2 aromatic rings. The number of carbonyl (C=O) groups excluding carboxylic acids is 1. The first-order valence-electron chi connectivity index (χ1n) is 9.20. The van der Waals surface area contributed by atoms with Gasteiger partial charge in [-0.3, -0.25) is 4.79 Å². The van der Waals surface area contributed by atoms with Gasteiger partial charge < -0.3 is 4.90 Å². The number of fused-ring (bicyclic) bond motifs is 1. The molecule has 0 N–H and O–H groups in total. The molecule has 6 heteroatoms. The van der Waals surface area contributed by atoms with Crippen molar-refractivity contribution in [2.45, 2.75) is 38.8 Å². The fraction of sp³-hybridized carbons (Fsp3) is 0.381. The first-order chi connectivity index (χ1) is 12.8. The van der Waals surface area contributed by atoms with Crippen LogP contribution in [-0.2, 0) is 21.2 Å². The lowest BCUT2D eigenvalue weighted by Crippen LogP contribution is -2.40. The third-order valence-corrected chi connectivity index (χ3v) is 6.51. The van der Waals surface area contributed by atoms with Gasteiger partial charge in [0.1, 0.15) is 0 Å². The number of carbonyl (C=O) groups is 1. The highest BCUT2D eigenvalue weighted by atomic mass is 32.2. The summed E-state index contributed by atoms with van der Waals surface area (Å²) in [5.41, 5.74) is 3.02. The van der Waals surface area contributed by atoms with Crippen LogP contribution in [0.15, 0.2) is 54.6 Å². The Hall–Kier alpha value is -2.18. The Balaban J connectivity index is 1.75. The van der Waals surface area contributed by atoms with Crippen molar-refractivity contribution in [3.05, 3.63) is 65.7 Å². The minimum absolute atomic E-state index is 0.0404. The SMILES string of the molecule is CC1Cc2ccccc2N1C(=O)CCN(C(C)c1ccccc1)S(C)(=O)=O. The maximum atomic E-state index is 12.9. The molecule has 0 radical (unpaired) electrons. The molecule has 1 amide bonds. The van der Waals surface area contributed by atoms with Gasteiger partial charge in [0.15, 0.2) is 0 Å². The van der Waals surface area contributed by atoms with E-state index in [4.69, 9.17) is 0 Å². The van der Waals surface area contributed by atoms with Gasteiger partial charge in [-0.25, -0.2) is 8.42 Å². The number of amides is 1. The molecular formula is C21H26N2O3S. The van der Waals surface area contributed by atoms with Gasteiger partial charge in [-0.15, -0.1) is 0 Å². The fourth-order valence-electron chi connectivity index (χ4n) is 3.82. The highest BCUT2D eigenvalue weighted by Gasteiger charge is 2.32. The van der Waals surface area contributed by atoms with E-state index < -0.39 is 10.0 Å². The Labute approximate surface area is 161 Å². The highest BCUT2D eigenvalue weighted by Crippen LogP contribution is 2.32.